The van der Waals surface area contributed by atoms with Gasteiger partial charge in [-0.05, 0) is 30.3 Å². The van der Waals surface area contributed by atoms with Gasteiger partial charge in [0.1, 0.15) is 0 Å². The first-order chi connectivity index (χ1) is 9.06. The van der Waals surface area contributed by atoms with Gasteiger partial charge in [-0.3, -0.25) is 9.78 Å². The fraction of sp³-hybridized carbons (Fsp3) is 0. The lowest BCUT2D eigenvalue weighted by Gasteiger charge is -2.05. The maximum atomic E-state index is 11.9. The topological polar surface area (TPSA) is 105 Å². The summed E-state index contributed by atoms with van der Waals surface area (Å²) < 4.78 is 0. The third kappa shape index (κ3) is 3.06. The zero-order chi connectivity index (χ0) is 13.8. The van der Waals surface area contributed by atoms with Crippen LogP contribution in [0.3, 0.4) is 0 Å². The van der Waals surface area contributed by atoms with E-state index in [1.807, 2.05) is 0 Å². The molecule has 0 saturated carbocycles. The van der Waals surface area contributed by atoms with Crippen molar-refractivity contribution in [1.82, 2.24) is 4.98 Å². The highest BCUT2D eigenvalue weighted by Gasteiger charge is 2.08. The molecular weight excluding hydrogens is 246 g/mol. The predicted octanol–water partition coefficient (Wildman–Crippen LogP) is 1.61. The Bertz CT molecular complexity index is 623. The van der Waals surface area contributed by atoms with Crippen molar-refractivity contribution in [2.24, 2.45) is 0 Å². The van der Waals surface area contributed by atoms with Crippen molar-refractivity contribution in [2.75, 3.05) is 11.1 Å². The lowest BCUT2D eigenvalue weighted by molar-refractivity contribution is 0.0696. The van der Waals surface area contributed by atoms with Gasteiger partial charge in [0.05, 0.1) is 17.4 Å². The zero-order valence-electron chi connectivity index (χ0n) is 9.83. The molecule has 0 radical (unpaired) electrons. The average molecular weight is 257 g/mol. The van der Waals surface area contributed by atoms with E-state index < -0.39 is 5.97 Å². The number of nitrogens with zero attached hydrogens (tertiary/aromatic N) is 1. The highest BCUT2D eigenvalue weighted by Crippen LogP contribution is 2.11. The molecule has 1 aromatic heterocycles. The van der Waals surface area contributed by atoms with Gasteiger partial charge in [0.15, 0.2) is 0 Å². The Morgan fingerprint density at radius 1 is 1.11 bits per heavy atom. The number of anilines is 2. The van der Waals surface area contributed by atoms with Crippen LogP contribution in [0.2, 0.25) is 0 Å². The number of hydrogen-bond donors (Lipinski definition) is 3. The average Bonchev–Trinajstić information content (AvgIpc) is 2.39. The number of rotatable bonds is 3. The number of carboxylic acids is 1. The standard InChI is InChI=1S/C13H11N3O3/c14-10-3-1-8(2-4-10)12(17)16-11-5-9(13(18)19)6-15-7-11/h1-7H,14H2,(H,16,17)(H,18,19). The van der Waals surface area contributed by atoms with E-state index in [4.69, 9.17) is 10.8 Å². The number of carbonyl (C=O) groups excluding carboxylic acids is 1. The quantitative estimate of drug-likeness (QED) is 0.724. The smallest absolute Gasteiger partial charge is 0.337 e. The molecule has 1 aromatic carbocycles. The van der Waals surface area contributed by atoms with Gasteiger partial charge in [-0.25, -0.2) is 4.79 Å². The third-order valence-corrected chi connectivity index (χ3v) is 2.42. The van der Waals surface area contributed by atoms with Gasteiger partial charge >= 0.3 is 5.97 Å². The largest absolute Gasteiger partial charge is 0.478 e. The number of nitrogen functional groups attached to an aromatic ring is 1. The molecule has 6 nitrogen and oxygen atoms in total. The molecule has 2 rings (SSSR count). The summed E-state index contributed by atoms with van der Waals surface area (Å²) in [6, 6.07) is 7.73. The van der Waals surface area contributed by atoms with Crippen LogP contribution in [-0.2, 0) is 0 Å². The highest BCUT2D eigenvalue weighted by atomic mass is 16.4. The van der Waals surface area contributed by atoms with Crippen LogP contribution in [0.4, 0.5) is 11.4 Å². The number of amides is 1. The van der Waals surface area contributed by atoms with Gasteiger partial charge in [-0.1, -0.05) is 0 Å². The number of carbonyl (C=O) groups is 2. The number of pyridine rings is 1. The van der Waals surface area contributed by atoms with Crippen molar-refractivity contribution in [3.05, 3.63) is 53.9 Å². The van der Waals surface area contributed by atoms with Gasteiger partial charge in [0.2, 0.25) is 0 Å². The van der Waals surface area contributed by atoms with Gasteiger partial charge < -0.3 is 16.2 Å². The van der Waals surface area contributed by atoms with E-state index in [0.29, 0.717) is 16.9 Å². The Morgan fingerprint density at radius 2 is 1.79 bits per heavy atom. The summed E-state index contributed by atoms with van der Waals surface area (Å²) in [7, 11) is 0. The SMILES string of the molecule is Nc1ccc(C(=O)Nc2cncc(C(=O)O)c2)cc1. The second-order valence-electron chi connectivity index (χ2n) is 3.84. The van der Waals surface area contributed by atoms with Crippen molar-refractivity contribution in [3.8, 4) is 0 Å². The lowest BCUT2D eigenvalue weighted by atomic mass is 10.2. The minimum Gasteiger partial charge on any atom is -0.478 e. The molecule has 0 unspecified atom stereocenters. The van der Waals surface area contributed by atoms with Crippen molar-refractivity contribution in [1.29, 1.82) is 0 Å². The molecular formula is C13H11N3O3. The Kier molecular flexibility index (Phi) is 3.42. The molecule has 0 atom stereocenters. The molecule has 19 heavy (non-hydrogen) atoms. The molecule has 2 aromatic rings. The molecule has 0 saturated heterocycles. The fourth-order valence-electron chi connectivity index (χ4n) is 1.46. The summed E-state index contributed by atoms with van der Waals surface area (Å²) in [5.74, 6) is -1.46. The molecule has 0 spiro atoms. The lowest BCUT2D eigenvalue weighted by Crippen LogP contribution is -2.12. The zero-order valence-corrected chi connectivity index (χ0v) is 9.83. The summed E-state index contributed by atoms with van der Waals surface area (Å²) in [5, 5.41) is 11.4. The maximum absolute atomic E-state index is 11.9. The third-order valence-electron chi connectivity index (χ3n) is 2.42. The molecule has 1 amide bonds. The van der Waals surface area contributed by atoms with Gasteiger partial charge in [0.25, 0.3) is 5.91 Å². The van der Waals surface area contributed by atoms with E-state index >= 15 is 0 Å². The van der Waals surface area contributed by atoms with E-state index in [9.17, 15) is 9.59 Å². The van der Waals surface area contributed by atoms with Gasteiger partial charge in [-0.15, -0.1) is 0 Å². The Balaban J connectivity index is 2.17. The van der Waals surface area contributed by atoms with Crippen molar-refractivity contribution >= 4 is 23.3 Å². The van der Waals surface area contributed by atoms with Crippen LogP contribution in [0.25, 0.3) is 0 Å². The molecule has 0 aliphatic rings. The second-order valence-corrected chi connectivity index (χ2v) is 3.84. The Hall–Kier alpha value is -2.89. The Labute approximate surface area is 108 Å². The number of aromatic carboxylic acids is 1. The minimum absolute atomic E-state index is 0.00936. The monoisotopic (exact) mass is 257 g/mol. The number of carboxylic acid groups (broad SMARTS) is 1. The van der Waals surface area contributed by atoms with Crippen LogP contribution in [0.1, 0.15) is 20.7 Å². The van der Waals surface area contributed by atoms with E-state index in [0.717, 1.165) is 0 Å². The minimum atomic E-state index is -1.10. The summed E-state index contributed by atoms with van der Waals surface area (Å²) in [6.07, 6.45) is 2.59. The molecule has 0 fully saturated rings. The summed E-state index contributed by atoms with van der Waals surface area (Å²) in [6.45, 7) is 0. The van der Waals surface area contributed by atoms with E-state index in [2.05, 4.69) is 10.3 Å². The number of nitrogens with two attached hydrogens (primary N) is 1. The van der Waals surface area contributed by atoms with Crippen LogP contribution in [0.15, 0.2) is 42.7 Å². The molecule has 4 N–H and O–H groups in total. The van der Waals surface area contributed by atoms with Crippen molar-refractivity contribution in [2.45, 2.75) is 0 Å². The van der Waals surface area contributed by atoms with Crippen molar-refractivity contribution in [3.63, 3.8) is 0 Å². The van der Waals surface area contributed by atoms with Gasteiger partial charge in [0, 0.05) is 17.4 Å². The number of hydrogen-bond acceptors (Lipinski definition) is 4. The second kappa shape index (κ2) is 5.18. The molecule has 6 heteroatoms. The summed E-state index contributed by atoms with van der Waals surface area (Å²) in [5.41, 5.74) is 6.84. The first-order valence-electron chi connectivity index (χ1n) is 5.41. The van der Waals surface area contributed by atoms with Crippen molar-refractivity contribution < 1.29 is 14.7 Å². The maximum Gasteiger partial charge on any atom is 0.337 e. The van der Waals surface area contributed by atoms with Crippen LogP contribution >= 0.6 is 0 Å². The van der Waals surface area contributed by atoms with Gasteiger partial charge in [-0.2, -0.15) is 0 Å². The molecule has 96 valence electrons. The van der Waals surface area contributed by atoms with Crippen LogP contribution in [0.5, 0.6) is 0 Å². The molecule has 1 heterocycles. The van der Waals surface area contributed by atoms with Crippen LogP contribution in [-0.4, -0.2) is 22.0 Å². The Morgan fingerprint density at radius 3 is 2.42 bits per heavy atom. The first-order valence-corrected chi connectivity index (χ1v) is 5.41. The summed E-state index contributed by atoms with van der Waals surface area (Å²) in [4.78, 5) is 26.4. The van der Waals surface area contributed by atoms with E-state index in [-0.39, 0.29) is 11.5 Å². The van der Waals surface area contributed by atoms with E-state index in [1.165, 1.54) is 18.5 Å². The summed E-state index contributed by atoms with van der Waals surface area (Å²) >= 11 is 0. The van der Waals surface area contributed by atoms with Crippen LogP contribution < -0.4 is 11.1 Å². The van der Waals surface area contributed by atoms with Crippen LogP contribution in [0, 0.1) is 0 Å². The number of nitrogens with one attached hydrogen (secondary N) is 1. The predicted molar refractivity (Wildman–Crippen MR) is 70.0 cm³/mol. The first kappa shape index (κ1) is 12.6. The molecule has 0 aliphatic heterocycles. The molecule has 0 aliphatic carbocycles. The highest BCUT2D eigenvalue weighted by molar-refractivity contribution is 6.04. The fourth-order valence-corrected chi connectivity index (χ4v) is 1.46. The number of benzene rings is 1. The normalized spacial score (nSPS) is 9.89. The number of aromatic nitrogens is 1. The van der Waals surface area contributed by atoms with E-state index in [1.54, 1.807) is 24.3 Å². The molecule has 0 bridgehead atoms.